The highest BCUT2D eigenvalue weighted by Crippen LogP contribution is 2.13. The molecule has 0 bridgehead atoms. The summed E-state index contributed by atoms with van der Waals surface area (Å²) < 4.78 is 33.9. The lowest BCUT2D eigenvalue weighted by Crippen LogP contribution is -2.53. The highest BCUT2D eigenvalue weighted by atomic mass is 32.2. The number of hydrogen-bond acceptors (Lipinski definition) is 4. The molecule has 1 rings (SSSR count). The molecular formula is C12H27N3O3S. The SMILES string of the molecule is CC(C)CC(N)CNS(=O)(=O)N1CC(C)OC(C)C1. The fraction of sp³-hybridized carbons (Fsp3) is 1.00. The van der Waals surface area contributed by atoms with Crippen molar-refractivity contribution in [2.24, 2.45) is 11.7 Å². The van der Waals surface area contributed by atoms with Crippen LogP contribution in [0, 0.1) is 5.92 Å². The Morgan fingerprint density at radius 2 is 1.84 bits per heavy atom. The quantitative estimate of drug-likeness (QED) is 0.738. The van der Waals surface area contributed by atoms with Crippen molar-refractivity contribution in [1.29, 1.82) is 0 Å². The van der Waals surface area contributed by atoms with Crippen LogP contribution in [0.4, 0.5) is 0 Å². The van der Waals surface area contributed by atoms with Gasteiger partial charge in [-0.1, -0.05) is 13.8 Å². The van der Waals surface area contributed by atoms with E-state index in [1.807, 2.05) is 13.8 Å². The molecule has 0 aromatic rings. The summed E-state index contributed by atoms with van der Waals surface area (Å²) in [6.07, 6.45) is 0.646. The molecule has 19 heavy (non-hydrogen) atoms. The summed E-state index contributed by atoms with van der Waals surface area (Å²) in [7, 11) is -3.46. The van der Waals surface area contributed by atoms with E-state index < -0.39 is 10.2 Å². The first-order valence-corrected chi connectivity index (χ1v) is 8.30. The van der Waals surface area contributed by atoms with Gasteiger partial charge in [0.2, 0.25) is 0 Å². The lowest BCUT2D eigenvalue weighted by atomic mass is 10.1. The predicted octanol–water partition coefficient (Wildman–Crippen LogP) is 0.303. The van der Waals surface area contributed by atoms with Crippen molar-refractivity contribution >= 4 is 10.2 Å². The molecule has 6 nitrogen and oxygen atoms in total. The minimum absolute atomic E-state index is 0.0790. The maximum atomic E-state index is 12.2. The van der Waals surface area contributed by atoms with Gasteiger partial charge in [-0.25, -0.2) is 4.72 Å². The van der Waals surface area contributed by atoms with E-state index >= 15 is 0 Å². The van der Waals surface area contributed by atoms with Gasteiger partial charge >= 0.3 is 0 Å². The summed E-state index contributed by atoms with van der Waals surface area (Å²) in [5.41, 5.74) is 5.90. The van der Waals surface area contributed by atoms with Crippen LogP contribution in [0.3, 0.4) is 0 Å². The van der Waals surface area contributed by atoms with Crippen LogP contribution in [0.15, 0.2) is 0 Å². The summed E-state index contributed by atoms with van der Waals surface area (Å²) in [5.74, 6) is 0.461. The molecular weight excluding hydrogens is 266 g/mol. The summed E-state index contributed by atoms with van der Waals surface area (Å²) >= 11 is 0. The predicted molar refractivity (Wildman–Crippen MR) is 75.9 cm³/mol. The van der Waals surface area contributed by atoms with E-state index in [1.165, 1.54) is 4.31 Å². The third-order valence-electron chi connectivity index (χ3n) is 3.03. The van der Waals surface area contributed by atoms with Crippen LogP contribution in [0.25, 0.3) is 0 Å². The van der Waals surface area contributed by atoms with Crippen LogP contribution < -0.4 is 10.5 Å². The first-order valence-electron chi connectivity index (χ1n) is 6.86. The van der Waals surface area contributed by atoms with Gasteiger partial charge in [0, 0.05) is 25.7 Å². The molecule has 1 saturated heterocycles. The monoisotopic (exact) mass is 293 g/mol. The summed E-state index contributed by atoms with van der Waals surface area (Å²) in [4.78, 5) is 0. The molecule has 1 heterocycles. The van der Waals surface area contributed by atoms with E-state index in [2.05, 4.69) is 18.6 Å². The minimum atomic E-state index is -3.46. The Kier molecular flexibility index (Phi) is 6.19. The Morgan fingerprint density at radius 3 is 2.32 bits per heavy atom. The molecule has 0 saturated carbocycles. The van der Waals surface area contributed by atoms with E-state index in [-0.39, 0.29) is 24.8 Å². The molecule has 7 heteroatoms. The van der Waals surface area contributed by atoms with Gasteiger partial charge in [-0.2, -0.15) is 12.7 Å². The molecule has 0 aliphatic carbocycles. The maximum absolute atomic E-state index is 12.2. The number of morpholine rings is 1. The molecule has 0 spiro atoms. The summed E-state index contributed by atoms with van der Waals surface area (Å²) in [5, 5.41) is 0. The fourth-order valence-corrected chi connectivity index (χ4v) is 3.74. The van der Waals surface area contributed by atoms with Gasteiger partial charge in [-0.3, -0.25) is 0 Å². The Morgan fingerprint density at radius 1 is 1.32 bits per heavy atom. The van der Waals surface area contributed by atoms with Crippen LogP contribution in [0.5, 0.6) is 0 Å². The van der Waals surface area contributed by atoms with Crippen LogP contribution in [0.1, 0.15) is 34.1 Å². The average Bonchev–Trinajstić information content (AvgIpc) is 2.24. The second-order valence-corrected chi connectivity index (χ2v) is 7.57. The molecule has 0 aromatic heterocycles. The first kappa shape index (κ1) is 16.8. The van der Waals surface area contributed by atoms with Crippen molar-refractivity contribution < 1.29 is 13.2 Å². The molecule has 1 aliphatic heterocycles. The van der Waals surface area contributed by atoms with E-state index in [1.54, 1.807) is 0 Å². The summed E-state index contributed by atoms with van der Waals surface area (Å²) in [6, 6.07) is -0.148. The summed E-state index contributed by atoms with van der Waals surface area (Å²) in [6.45, 7) is 8.95. The fourth-order valence-electron chi connectivity index (χ4n) is 2.32. The van der Waals surface area contributed by atoms with Gasteiger partial charge in [0.15, 0.2) is 0 Å². The molecule has 0 amide bonds. The number of nitrogens with one attached hydrogen (secondary N) is 1. The molecule has 1 aliphatic rings. The topological polar surface area (TPSA) is 84.7 Å². The highest BCUT2D eigenvalue weighted by molar-refractivity contribution is 7.87. The minimum Gasteiger partial charge on any atom is -0.373 e. The van der Waals surface area contributed by atoms with Gasteiger partial charge in [0.1, 0.15) is 0 Å². The van der Waals surface area contributed by atoms with Gasteiger partial charge < -0.3 is 10.5 Å². The van der Waals surface area contributed by atoms with Crippen LogP contribution in [-0.2, 0) is 14.9 Å². The number of nitrogens with zero attached hydrogens (tertiary/aromatic N) is 1. The molecule has 3 atom stereocenters. The molecule has 3 N–H and O–H groups in total. The van der Waals surface area contributed by atoms with Crippen LogP contribution in [0.2, 0.25) is 0 Å². The van der Waals surface area contributed by atoms with E-state index in [0.717, 1.165) is 6.42 Å². The number of rotatable bonds is 6. The zero-order valence-electron chi connectivity index (χ0n) is 12.3. The Hall–Kier alpha value is -0.210. The first-order chi connectivity index (χ1) is 8.70. The lowest BCUT2D eigenvalue weighted by molar-refractivity contribution is -0.0443. The molecule has 0 radical (unpaired) electrons. The molecule has 3 unspecified atom stereocenters. The zero-order chi connectivity index (χ0) is 14.6. The highest BCUT2D eigenvalue weighted by Gasteiger charge is 2.30. The van der Waals surface area contributed by atoms with Crippen LogP contribution in [-0.4, -0.2) is 50.6 Å². The van der Waals surface area contributed by atoms with Crippen molar-refractivity contribution in [3.05, 3.63) is 0 Å². The second kappa shape index (κ2) is 6.99. The third-order valence-corrected chi connectivity index (χ3v) is 4.54. The number of nitrogens with two attached hydrogens (primary N) is 1. The number of hydrogen-bond donors (Lipinski definition) is 2. The second-order valence-electron chi connectivity index (χ2n) is 5.82. The number of ether oxygens (including phenoxy) is 1. The third kappa shape index (κ3) is 5.74. The van der Waals surface area contributed by atoms with Crippen molar-refractivity contribution in [3.8, 4) is 0 Å². The smallest absolute Gasteiger partial charge is 0.279 e. The van der Waals surface area contributed by atoms with E-state index in [9.17, 15) is 8.42 Å². The van der Waals surface area contributed by atoms with Crippen molar-refractivity contribution in [2.75, 3.05) is 19.6 Å². The van der Waals surface area contributed by atoms with Gasteiger partial charge in [-0.05, 0) is 26.2 Å². The normalized spacial score (nSPS) is 27.7. The zero-order valence-corrected chi connectivity index (χ0v) is 13.1. The molecule has 114 valence electrons. The Balaban J connectivity index is 2.51. The van der Waals surface area contributed by atoms with E-state index in [0.29, 0.717) is 19.0 Å². The lowest BCUT2D eigenvalue weighted by Gasteiger charge is -2.34. The molecule has 1 fully saturated rings. The van der Waals surface area contributed by atoms with Crippen molar-refractivity contribution in [1.82, 2.24) is 9.03 Å². The Labute approximate surface area is 116 Å². The Bertz CT molecular complexity index is 362. The van der Waals surface area contributed by atoms with Gasteiger partial charge in [-0.15, -0.1) is 0 Å². The molecule has 0 aromatic carbocycles. The van der Waals surface area contributed by atoms with E-state index in [4.69, 9.17) is 10.5 Å². The standard InChI is InChI=1S/C12H27N3O3S/c1-9(2)5-12(13)6-14-19(16,17)15-7-10(3)18-11(4)8-15/h9-12,14H,5-8,13H2,1-4H3. The van der Waals surface area contributed by atoms with Gasteiger partial charge in [0.05, 0.1) is 12.2 Å². The average molecular weight is 293 g/mol. The van der Waals surface area contributed by atoms with Crippen molar-refractivity contribution in [2.45, 2.75) is 52.4 Å². The maximum Gasteiger partial charge on any atom is 0.279 e. The van der Waals surface area contributed by atoms with Crippen molar-refractivity contribution in [3.63, 3.8) is 0 Å². The largest absolute Gasteiger partial charge is 0.373 e. The van der Waals surface area contributed by atoms with Gasteiger partial charge in [0.25, 0.3) is 10.2 Å². The van der Waals surface area contributed by atoms with Crippen LogP contribution >= 0.6 is 0 Å².